The van der Waals surface area contributed by atoms with Crippen LogP contribution in [0.4, 0.5) is 0 Å². The quantitative estimate of drug-likeness (QED) is 0.767. The number of furan rings is 1. The van der Waals surface area contributed by atoms with Crippen molar-refractivity contribution in [2.24, 2.45) is 0 Å². The van der Waals surface area contributed by atoms with Crippen molar-refractivity contribution in [2.45, 2.75) is 19.3 Å². The van der Waals surface area contributed by atoms with Crippen LogP contribution < -0.4 is 0 Å². The molecule has 0 radical (unpaired) electrons. The van der Waals surface area contributed by atoms with Gasteiger partial charge in [-0.3, -0.25) is 9.59 Å². The van der Waals surface area contributed by atoms with Gasteiger partial charge in [0.1, 0.15) is 0 Å². The molecule has 1 aliphatic rings. The van der Waals surface area contributed by atoms with Crippen molar-refractivity contribution < 1.29 is 14.0 Å². The molecule has 1 aromatic heterocycles. The number of piperidine rings is 1. The second kappa shape index (κ2) is 6.64. The smallest absolute Gasteiger partial charge is 0.232 e. The van der Waals surface area contributed by atoms with Crippen molar-refractivity contribution in [3.63, 3.8) is 0 Å². The molecule has 0 bridgehead atoms. The van der Waals surface area contributed by atoms with Crippen LogP contribution in [0.15, 0.2) is 22.8 Å². The van der Waals surface area contributed by atoms with Crippen LogP contribution in [-0.4, -0.2) is 41.2 Å². The molecule has 1 saturated heterocycles. The summed E-state index contributed by atoms with van der Waals surface area (Å²) in [5.41, 5.74) is 0. The molecule has 0 unspecified atom stereocenters. The van der Waals surface area contributed by atoms with Gasteiger partial charge in [-0.15, -0.1) is 11.8 Å². The Bertz CT molecular complexity index is 396. The monoisotopic (exact) mass is 267 g/mol. The molecule has 0 atom stereocenters. The molecule has 1 amide bonds. The maximum absolute atomic E-state index is 11.8. The summed E-state index contributed by atoms with van der Waals surface area (Å²) in [5, 5.41) is 0. The number of thioether (sulfide) groups is 1. The van der Waals surface area contributed by atoms with E-state index in [1.165, 1.54) is 24.4 Å². The second-order valence-corrected chi connectivity index (χ2v) is 5.32. The lowest BCUT2D eigenvalue weighted by molar-refractivity contribution is -0.129. The fourth-order valence-corrected chi connectivity index (χ4v) is 2.76. The molecule has 0 aliphatic carbocycles. The lowest BCUT2D eigenvalue weighted by Crippen LogP contribution is -2.36. The van der Waals surface area contributed by atoms with E-state index < -0.39 is 0 Å². The van der Waals surface area contributed by atoms with Crippen LogP contribution in [0, 0.1) is 0 Å². The Morgan fingerprint density at radius 2 is 2.00 bits per heavy atom. The third-order valence-electron chi connectivity index (χ3n) is 2.96. The summed E-state index contributed by atoms with van der Waals surface area (Å²) in [4.78, 5) is 25.4. The van der Waals surface area contributed by atoms with Crippen molar-refractivity contribution in [2.75, 3.05) is 24.6 Å². The number of carbonyl (C=O) groups excluding carboxylic acids is 2. The minimum Gasteiger partial charge on any atom is -0.461 e. The van der Waals surface area contributed by atoms with Gasteiger partial charge in [0.05, 0.1) is 17.8 Å². The molecule has 0 N–H and O–H groups in total. The van der Waals surface area contributed by atoms with Gasteiger partial charge in [0.15, 0.2) is 5.76 Å². The number of carbonyl (C=O) groups is 2. The number of ketones is 1. The van der Waals surface area contributed by atoms with E-state index in [9.17, 15) is 9.59 Å². The predicted octanol–water partition coefficient (Wildman–Crippen LogP) is 2.21. The van der Waals surface area contributed by atoms with Gasteiger partial charge in [-0.1, -0.05) is 0 Å². The highest BCUT2D eigenvalue weighted by molar-refractivity contribution is 8.00. The highest BCUT2D eigenvalue weighted by atomic mass is 32.2. The number of likely N-dealkylation sites (tertiary alicyclic amines) is 1. The summed E-state index contributed by atoms with van der Waals surface area (Å²) in [5.74, 6) is 1.14. The maximum atomic E-state index is 11.8. The summed E-state index contributed by atoms with van der Waals surface area (Å²) < 4.78 is 5.01. The van der Waals surface area contributed by atoms with Gasteiger partial charge in [-0.25, -0.2) is 0 Å². The highest BCUT2D eigenvalue weighted by Crippen LogP contribution is 2.12. The molecule has 0 spiro atoms. The van der Waals surface area contributed by atoms with Gasteiger partial charge in [0, 0.05) is 13.1 Å². The van der Waals surface area contributed by atoms with Gasteiger partial charge in [0.25, 0.3) is 0 Å². The SMILES string of the molecule is O=C(CSCC(=O)N1CCCCC1)c1ccco1. The van der Waals surface area contributed by atoms with Crippen LogP contribution in [-0.2, 0) is 4.79 Å². The number of amides is 1. The van der Waals surface area contributed by atoms with E-state index in [-0.39, 0.29) is 11.7 Å². The Hall–Kier alpha value is -1.23. The van der Waals surface area contributed by atoms with Gasteiger partial charge < -0.3 is 9.32 Å². The summed E-state index contributed by atoms with van der Waals surface area (Å²) in [6, 6.07) is 3.34. The van der Waals surface area contributed by atoms with Crippen LogP contribution in [0.2, 0.25) is 0 Å². The van der Waals surface area contributed by atoms with Gasteiger partial charge in [-0.05, 0) is 31.4 Å². The van der Waals surface area contributed by atoms with Crippen LogP contribution in [0.3, 0.4) is 0 Å². The molecular weight excluding hydrogens is 250 g/mol. The normalized spacial score (nSPS) is 15.7. The molecule has 1 aromatic rings. The molecule has 18 heavy (non-hydrogen) atoms. The van der Waals surface area contributed by atoms with E-state index in [2.05, 4.69) is 0 Å². The number of Topliss-reactive ketones (excluding diaryl/α,β-unsaturated/α-hetero) is 1. The first-order valence-electron chi connectivity index (χ1n) is 6.19. The second-order valence-electron chi connectivity index (χ2n) is 4.33. The average molecular weight is 267 g/mol. The molecule has 1 aliphatic heterocycles. The van der Waals surface area contributed by atoms with E-state index in [0.717, 1.165) is 25.9 Å². The summed E-state index contributed by atoms with van der Waals surface area (Å²) in [7, 11) is 0. The topological polar surface area (TPSA) is 50.5 Å². The Morgan fingerprint density at radius 1 is 1.22 bits per heavy atom. The van der Waals surface area contributed by atoms with Crippen LogP contribution in [0.5, 0.6) is 0 Å². The standard InChI is InChI=1S/C13H17NO3S/c15-11(12-5-4-8-17-12)9-18-10-13(16)14-6-2-1-3-7-14/h4-5,8H,1-3,6-7,9-10H2. The Morgan fingerprint density at radius 3 is 2.67 bits per heavy atom. The zero-order valence-corrected chi connectivity index (χ0v) is 11.1. The first kappa shape index (κ1) is 13.2. The molecule has 2 rings (SSSR count). The Labute approximate surface area is 111 Å². The molecule has 4 nitrogen and oxygen atoms in total. The van der Waals surface area contributed by atoms with Crippen LogP contribution in [0.25, 0.3) is 0 Å². The minimum absolute atomic E-state index is 0.0588. The van der Waals surface area contributed by atoms with Gasteiger partial charge in [-0.2, -0.15) is 0 Å². The molecule has 0 aromatic carbocycles. The summed E-state index contributed by atoms with van der Waals surface area (Å²) in [6.07, 6.45) is 4.90. The summed E-state index contributed by atoms with van der Waals surface area (Å²) in [6.45, 7) is 1.73. The van der Waals surface area contributed by atoms with Crippen LogP contribution in [0.1, 0.15) is 29.8 Å². The van der Waals surface area contributed by atoms with Crippen LogP contribution >= 0.6 is 11.8 Å². The van der Waals surface area contributed by atoms with Gasteiger partial charge >= 0.3 is 0 Å². The van der Waals surface area contributed by atoms with Gasteiger partial charge in [0.2, 0.25) is 11.7 Å². The van der Waals surface area contributed by atoms with E-state index in [4.69, 9.17) is 4.42 Å². The highest BCUT2D eigenvalue weighted by Gasteiger charge is 2.17. The number of hydrogen-bond donors (Lipinski definition) is 0. The maximum Gasteiger partial charge on any atom is 0.232 e. The zero-order chi connectivity index (χ0) is 12.8. The third-order valence-corrected chi connectivity index (χ3v) is 3.88. The van der Waals surface area contributed by atoms with Crippen molar-refractivity contribution >= 4 is 23.5 Å². The van der Waals surface area contributed by atoms with Crippen molar-refractivity contribution in [3.05, 3.63) is 24.2 Å². The molecule has 98 valence electrons. The number of hydrogen-bond acceptors (Lipinski definition) is 4. The lowest BCUT2D eigenvalue weighted by atomic mass is 10.1. The predicted molar refractivity (Wildman–Crippen MR) is 70.8 cm³/mol. The fraction of sp³-hybridized carbons (Fsp3) is 0.538. The fourth-order valence-electron chi connectivity index (χ4n) is 1.97. The largest absolute Gasteiger partial charge is 0.461 e. The molecule has 0 saturated carbocycles. The molecule has 2 heterocycles. The average Bonchev–Trinajstić information content (AvgIpc) is 2.93. The lowest BCUT2D eigenvalue weighted by Gasteiger charge is -2.26. The van der Waals surface area contributed by atoms with Crippen molar-refractivity contribution in [1.82, 2.24) is 4.90 Å². The van der Waals surface area contributed by atoms with E-state index >= 15 is 0 Å². The Balaban J connectivity index is 1.68. The molecule has 1 fully saturated rings. The molecular formula is C13H17NO3S. The minimum atomic E-state index is -0.0588. The summed E-state index contributed by atoms with van der Waals surface area (Å²) >= 11 is 1.36. The number of nitrogens with zero attached hydrogens (tertiary/aromatic N) is 1. The van der Waals surface area contributed by atoms with E-state index in [1.54, 1.807) is 12.1 Å². The molecule has 5 heteroatoms. The zero-order valence-electron chi connectivity index (χ0n) is 10.3. The Kier molecular flexibility index (Phi) is 4.87. The van der Waals surface area contributed by atoms with Crippen molar-refractivity contribution in [1.29, 1.82) is 0 Å². The van der Waals surface area contributed by atoms with E-state index in [1.807, 2.05) is 4.90 Å². The number of rotatable bonds is 5. The first-order chi connectivity index (χ1) is 8.77. The van der Waals surface area contributed by atoms with E-state index in [0.29, 0.717) is 17.3 Å². The third kappa shape index (κ3) is 3.63. The van der Waals surface area contributed by atoms with Crippen molar-refractivity contribution in [3.8, 4) is 0 Å². The first-order valence-corrected chi connectivity index (χ1v) is 7.35.